The predicted octanol–water partition coefficient (Wildman–Crippen LogP) is 1.19. The summed E-state index contributed by atoms with van der Waals surface area (Å²) in [5.41, 5.74) is 4.05. The number of hydrogen-bond donors (Lipinski definition) is 1. The van der Waals surface area contributed by atoms with Crippen molar-refractivity contribution in [1.82, 2.24) is 20.0 Å². The van der Waals surface area contributed by atoms with Gasteiger partial charge in [-0.05, 0) is 17.7 Å². The molecule has 0 atom stereocenters. The molecule has 1 amide bonds. The maximum absolute atomic E-state index is 12.9. The highest BCUT2D eigenvalue weighted by Gasteiger charge is 2.31. The number of methoxy groups -OCH3 is 1. The van der Waals surface area contributed by atoms with Gasteiger partial charge in [-0.25, -0.2) is 0 Å². The number of ether oxygens (including phenoxy) is 1. The summed E-state index contributed by atoms with van der Waals surface area (Å²) in [4.78, 5) is 14.8. The first-order chi connectivity index (χ1) is 11.3. The molecule has 0 aliphatic carbocycles. The summed E-state index contributed by atoms with van der Waals surface area (Å²) in [6.07, 6.45) is 0.904. The molecule has 0 bridgehead atoms. The minimum absolute atomic E-state index is 0.0875. The fraction of sp³-hybridized carbons (Fsp3) is 0.412. The molecule has 3 heterocycles. The maximum atomic E-state index is 12.9. The molecular formula is C17H20N4O2. The molecule has 0 saturated carbocycles. The van der Waals surface area contributed by atoms with Crippen molar-refractivity contribution >= 4 is 5.91 Å². The van der Waals surface area contributed by atoms with Crippen LogP contribution in [-0.4, -0.2) is 40.8 Å². The van der Waals surface area contributed by atoms with Gasteiger partial charge in [0.25, 0.3) is 5.91 Å². The Hall–Kier alpha value is -2.34. The molecular weight excluding hydrogens is 292 g/mol. The highest BCUT2D eigenvalue weighted by atomic mass is 16.5. The van der Waals surface area contributed by atoms with Crippen molar-refractivity contribution in [2.24, 2.45) is 0 Å². The molecule has 4 rings (SSSR count). The molecule has 1 N–H and O–H groups in total. The van der Waals surface area contributed by atoms with Gasteiger partial charge >= 0.3 is 0 Å². The normalized spacial score (nSPS) is 16.9. The van der Waals surface area contributed by atoms with Crippen LogP contribution in [0.5, 0.6) is 5.75 Å². The molecule has 0 unspecified atom stereocenters. The van der Waals surface area contributed by atoms with Crippen LogP contribution in [-0.2, 0) is 26.1 Å². The Balaban J connectivity index is 1.58. The second-order valence-corrected chi connectivity index (χ2v) is 6.00. The molecule has 6 nitrogen and oxygen atoms in total. The molecule has 0 radical (unpaired) electrons. The molecule has 23 heavy (non-hydrogen) atoms. The van der Waals surface area contributed by atoms with E-state index in [2.05, 4.69) is 10.4 Å². The molecule has 6 heteroatoms. The highest BCUT2D eigenvalue weighted by Crippen LogP contribution is 2.24. The van der Waals surface area contributed by atoms with Gasteiger partial charge in [-0.15, -0.1) is 0 Å². The number of amides is 1. The fourth-order valence-electron chi connectivity index (χ4n) is 3.33. The second-order valence-electron chi connectivity index (χ2n) is 6.00. The van der Waals surface area contributed by atoms with Crippen molar-refractivity contribution in [1.29, 1.82) is 0 Å². The number of fused-ring (bicyclic) bond motifs is 3. The third-order valence-corrected chi connectivity index (χ3v) is 4.58. The van der Waals surface area contributed by atoms with E-state index in [1.165, 1.54) is 0 Å². The van der Waals surface area contributed by atoms with Crippen LogP contribution in [0.15, 0.2) is 24.3 Å². The first kappa shape index (κ1) is 14.3. The predicted molar refractivity (Wildman–Crippen MR) is 85.4 cm³/mol. The Morgan fingerprint density at radius 2 is 2.09 bits per heavy atom. The number of carbonyl (C=O) groups is 1. The number of aromatic nitrogens is 2. The molecule has 2 aliphatic rings. The molecule has 2 aromatic rings. The summed E-state index contributed by atoms with van der Waals surface area (Å²) in [7, 11) is 1.65. The Morgan fingerprint density at radius 3 is 2.87 bits per heavy atom. The van der Waals surface area contributed by atoms with Crippen LogP contribution in [0.4, 0.5) is 0 Å². The van der Waals surface area contributed by atoms with Gasteiger partial charge in [0.15, 0.2) is 0 Å². The number of rotatable bonds is 3. The van der Waals surface area contributed by atoms with Crippen molar-refractivity contribution in [3.05, 3.63) is 46.8 Å². The second kappa shape index (κ2) is 5.70. The van der Waals surface area contributed by atoms with Crippen LogP contribution in [0.3, 0.4) is 0 Å². The van der Waals surface area contributed by atoms with Crippen molar-refractivity contribution < 1.29 is 9.53 Å². The van der Waals surface area contributed by atoms with E-state index in [0.717, 1.165) is 54.3 Å². The van der Waals surface area contributed by atoms with Gasteiger partial charge in [0.2, 0.25) is 0 Å². The van der Waals surface area contributed by atoms with Gasteiger partial charge in [0.1, 0.15) is 11.4 Å². The average molecular weight is 312 g/mol. The zero-order valence-corrected chi connectivity index (χ0v) is 13.2. The van der Waals surface area contributed by atoms with Gasteiger partial charge in [0, 0.05) is 38.2 Å². The highest BCUT2D eigenvalue weighted by molar-refractivity contribution is 5.95. The topological polar surface area (TPSA) is 59.4 Å². The van der Waals surface area contributed by atoms with Crippen molar-refractivity contribution in [3.8, 4) is 5.75 Å². The summed E-state index contributed by atoms with van der Waals surface area (Å²) in [5, 5.41) is 7.96. The van der Waals surface area contributed by atoms with Crippen LogP contribution in [0, 0.1) is 0 Å². The zero-order chi connectivity index (χ0) is 15.8. The van der Waals surface area contributed by atoms with Crippen LogP contribution < -0.4 is 10.1 Å². The van der Waals surface area contributed by atoms with E-state index in [4.69, 9.17) is 4.74 Å². The molecule has 0 spiro atoms. The lowest BCUT2D eigenvalue weighted by Crippen LogP contribution is -2.40. The molecule has 1 aromatic carbocycles. The van der Waals surface area contributed by atoms with E-state index in [1.54, 1.807) is 7.11 Å². The Kier molecular flexibility index (Phi) is 3.53. The SMILES string of the molecule is COc1ccc(CN2CCn3nc4c(c3C2=O)CNCC4)cc1. The standard InChI is InChI=1S/C17H20N4O2/c1-23-13-4-2-12(3-5-13)11-20-8-9-21-16(17(20)22)14-10-18-7-6-15(14)19-21/h2-5,18H,6-11H2,1H3. The monoisotopic (exact) mass is 312 g/mol. The lowest BCUT2D eigenvalue weighted by Gasteiger charge is -2.28. The number of benzene rings is 1. The average Bonchev–Trinajstić information content (AvgIpc) is 2.97. The quantitative estimate of drug-likeness (QED) is 0.925. The van der Waals surface area contributed by atoms with Crippen molar-refractivity contribution in [2.75, 3.05) is 20.2 Å². The van der Waals surface area contributed by atoms with Crippen molar-refractivity contribution in [3.63, 3.8) is 0 Å². The van der Waals surface area contributed by atoms with E-state index in [9.17, 15) is 4.79 Å². The molecule has 1 aromatic heterocycles. The number of hydrogen-bond acceptors (Lipinski definition) is 4. The summed E-state index contributed by atoms with van der Waals surface area (Å²) >= 11 is 0. The van der Waals surface area contributed by atoms with Gasteiger partial charge in [-0.2, -0.15) is 5.10 Å². The van der Waals surface area contributed by atoms with Crippen LogP contribution in [0.1, 0.15) is 27.3 Å². The van der Waals surface area contributed by atoms with E-state index in [1.807, 2.05) is 33.8 Å². The largest absolute Gasteiger partial charge is 0.497 e. The number of carbonyl (C=O) groups excluding carboxylic acids is 1. The van der Waals surface area contributed by atoms with Gasteiger partial charge in [-0.3, -0.25) is 9.48 Å². The lowest BCUT2D eigenvalue weighted by atomic mass is 10.1. The number of nitrogens with one attached hydrogen (secondary N) is 1. The summed E-state index contributed by atoms with van der Waals surface area (Å²) in [6.45, 7) is 3.77. The smallest absolute Gasteiger partial charge is 0.272 e. The van der Waals surface area contributed by atoms with Crippen LogP contribution >= 0.6 is 0 Å². The van der Waals surface area contributed by atoms with E-state index in [-0.39, 0.29) is 5.91 Å². The Morgan fingerprint density at radius 1 is 1.26 bits per heavy atom. The summed E-state index contributed by atoms with van der Waals surface area (Å²) < 4.78 is 7.07. The van der Waals surface area contributed by atoms with Crippen LogP contribution in [0.2, 0.25) is 0 Å². The Bertz CT molecular complexity index is 736. The van der Waals surface area contributed by atoms with Gasteiger partial charge in [0.05, 0.1) is 19.3 Å². The van der Waals surface area contributed by atoms with Crippen LogP contribution in [0.25, 0.3) is 0 Å². The summed E-state index contributed by atoms with van der Waals surface area (Å²) in [6, 6.07) is 7.88. The molecule has 0 saturated heterocycles. The molecule has 0 fully saturated rings. The maximum Gasteiger partial charge on any atom is 0.272 e. The van der Waals surface area contributed by atoms with E-state index in [0.29, 0.717) is 13.1 Å². The van der Waals surface area contributed by atoms with Gasteiger partial charge < -0.3 is 15.0 Å². The number of nitrogens with zero attached hydrogens (tertiary/aromatic N) is 3. The van der Waals surface area contributed by atoms with E-state index < -0.39 is 0 Å². The summed E-state index contributed by atoms with van der Waals surface area (Å²) in [5.74, 6) is 0.918. The third-order valence-electron chi connectivity index (χ3n) is 4.58. The molecule has 120 valence electrons. The third kappa shape index (κ3) is 2.49. The van der Waals surface area contributed by atoms with Crippen molar-refractivity contribution in [2.45, 2.75) is 26.1 Å². The minimum atomic E-state index is 0.0875. The first-order valence-corrected chi connectivity index (χ1v) is 7.98. The first-order valence-electron chi connectivity index (χ1n) is 7.98. The molecule has 2 aliphatic heterocycles. The Labute approximate surface area is 135 Å². The minimum Gasteiger partial charge on any atom is -0.497 e. The zero-order valence-electron chi connectivity index (χ0n) is 13.2. The lowest BCUT2D eigenvalue weighted by molar-refractivity contribution is 0.0682. The fourth-order valence-corrected chi connectivity index (χ4v) is 3.33. The van der Waals surface area contributed by atoms with Gasteiger partial charge in [-0.1, -0.05) is 12.1 Å². The van der Waals surface area contributed by atoms with E-state index >= 15 is 0 Å².